The van der Waals surface area contributed by atoms with Gasteiger partial charge >= 0.3 is 6.61 Å². The van der Waals surface area contributed by atoms with Crippen LogP contribution in [0.4, 0.5) is 13.2 Å². The van der Waals surface area contributed by atoms with E-state index in [9.17, 15) is 22.2 Å². The molecule has 2 fully saturated rings. The number of alkyl halides is 2. The first-order valence-electron chi connectivity index (χ1n) is 7.13. The predicted molar refractivity (Wildman–Crippen MR) is 75.0 cm³/mol. The molecule has 0 amide bonds. The second-order valence-corrected chi connectivity index (χ2v) is 7.69. The highest BCUT2D eigenvalue weighted by atomic mass is 32.2. The van der Waals surface area contributed by atoms with Crippen LogP contribution in [0.2, 0.25) is 0 Å². The van der Waals surface area contributed by atoms with Crippen molar-refractivity contribution < 1.29 is 26.9 Å². The van der Waals surface area contributed by atoms with E-state index in [1.54, 1.807) is 0 Å². The number of rotatable bonds is 4. The Labute approximate surface area is 128 Å². The van der Waals surface area contributed by atoms with Crippen molar-refractivity contribution in [3.05, 3.63) is 29.6 Å². The number of halogens is 3. The minimum Gasteiger partial charge on any atom is -0.434 e. The zero-order chi connectivity index (χ0) is 15.9. The van der Waals surface area contributed by atoms with Gasteiger partial charge in [0.15, 0.2) is 5.78 Å². The smallest absolute Gasteiger partial charge is 0.387 e. The molecule has 2 aliphatic heterocycles. The molecule has 2 bridgehead atoms. The molecular weight excluding hydrogens is 317 g/mol. The Kier molecular flexibility index (Phi) is 4.25. The lowest BCUT2D eigenvalue weighted by molar-refractivity contribution is -0.0503. The summed E-state index contributed by atoms with van der Waals surface area (Å²) in [5, 5.41) is 0.0141. The normalized spacial score (nSPS) is 30.5. The number of hydrogen-bond acceptors (Lipinski definition) is 3. The zero-order valence-corrected chi connectivity index (χ0v) is 12.5. The van der Waals surface area contributed by atoms with Crippen molar-refractivity contribution in [1.82, 2.24) is 0 Å². The fraction of sp³-hybridized carbons (Fsp3) is 0.533. The number of fused-ring (bicyclic) bond motifs is 2. The van der Waals surface area contributed by atoms with Crippen LogP contribution in [0.5, 0.6) is 5.75 Å². The molecule has 0 aliphatic carbocycles. The maximum Gasteiger partial charge on any atom is 0.387 e. The SMILES string of the molecule is O=C(c1ccc(F)cc1OC(F)F)C1CC2CCC(C1)S2=O. The molecule has 2 atom stereocenters. The standard InChI is InChI=1S/C15H15F3O3S/c16-9-1-4-12(13(7-9)21-15(17)18)14(19)8-5-10-2-3-11(6-8)22(10)20/h1,4,7-8,10-11,15H,2-3,5-6H2. The van der Waals surface area contributed by atoms with Gasteiger partial charge in [-0.25, -0.2) is 4.39 Å². The summed E-state index contributed by atoms with van der Waals surface area (Å²) >= 11 is 0. The second kappa shape index (κ2) is 6.02. The monoisotopic (exact) mass is 332 g/mol. The Hall–Kier alpha value is -1.37. The van der Waals surface area contributed by atoms with Crippen LogP contribution in [-0.4, -0.2) is 27.1 Å². The molecule has 120 valence electrons. The number of Topliss-reactive ketones (excluding diaryl/α,β-unsaturated/α-hetero) is 1. The van der Waals surface area contributed by atoms with E-state index < -0.39 is 29.0 Å². The summed E-state index contributed by atoms with van der Waals surface area (Å²) < 4.78 is 54.3. The van der Waals surface area contributed by atoms with E-state index in [-0.39, 0.29) is 27.8 Å². The molecule has 7 heteroatoms. The van der Waals surface area contributed by atoms with Crippen LogP contribution in [0.1, 0.15) is 36.0 Å². The summed E-state index contributed by atoms with van der Waals surface area (Å²) in [4.78, 5) is 12.6. The van der Waals surface area contributed by atoms with Crippen molar-refractivity contribution in [3.63, 3.8) is 0 Å². The van der Waals surface area contributed by atoms with Gasteiger partial charge in [0, 0.05) is 33.3 Å². The number of carbonyl (C=O) groups is 1. The maximum atomic E-state index is 13.2. The van der Waals surface area contributed by atoms with Crippen LogP contribution < -0.4 is 4.74 Å². The highest BCUT2D eigenvalue weighted by Gasteiger charge is 2.43. The van der Waals surface area contributed by atoms with Crippen molar-refractivity contribution in [3.8, 4) is 5.75 Å². The molecule has 2 unspecified atom stereocenters. The Balaban J connectivity index is 1.85. The van der Waals surface area contributed by atoms with E-state index in [4.69, 9.17) is 0 Å². The largest absolute Gasteiger partial charge is 0.434 e. The molecular formula is C15H15F3O3S. The van der Waals surface area contributed by atoms with Gasteiger partial charge in [-0.3, -0.25) is 9.00 Å². The summed E-state index contributed by atoms with van der Waals surface area (Å²) in [5.74, 6) is -1.86. The average Bonchev–Trinajstić information content (AvgIpc) is 2.68. The van der Waals surface area contributed by atoms with Crippen LogP contribution >= 0.6 is 0 Å². The van der Waals surface area contributed by atoms with E-state index in [2.05, 4.69) is 4.74 Å². The zero-order valence-electron chi connectivity index (χ0n) is 11.6. The molecule has 0 saturated carbocycles. The van der Waals surface area contributed by atoms with Gasteiger partial charge in [-0.15, -0.1) is 0 Å². The first-order valence-corrected chi connectivity index (χ1v) is 8.41. The average molecular weight is 332 g/mol. The summed E-state index contributed by atoms with van der Waals surface area (Å²) in [5.41, 5.74) is -0.0289. The van der Waals surface area contributed by atoms with E-state index >= 15 is 0 Å². The maximum absolute atomic E-state index is 13.2. The Morgan fingerprint density at radius 2 is 1.86 bits per heavy atom. The summed E-state index contributed by atoms with van der Waals surface area (Å²) in [6.07, 6.45) is 2.66. The van der Waals surface area contributed by atoms with Gasteiger partial charge < -0.3 is 4.74 Å². The lowest BCUT2D eigenvalue weighted by Gasteiger charge is -2.26. The fourth-order valence-electron chi connectivity index (χ4n) is 3.36. The third-order valence-corrected chi connectivity index (χ3v) is 6.53. The Morgan fingerprint density at radius 1 is 1.23 bits per heavy atom. The molecule has 2 aliphatic rings. The molecule has 22 heavy (non-hydrogen) atoms. The molecule has 0 spiro atoms. The predicted octanol–water partition coefficient (Wildman–Crippen LogP) is 3.30. The number of ketones is 1. The van der Waals surface area contributed by atoms with Gasteiger partial charge in [-0.2, -0.15) is 8.78 Å². The lowest BCUT2D eigenvalue weighted by Crippen LogP contribution is -2.32. The van der Waals surface area contributed by atoms with Crippen LogP contribution in [0.15, 0.2) is 18.2 Å². The third kappa shape index (κ3) is 2.91. The van der Waals surface area contributed by atoms with Gasteiger partial charge in [0.2, 0.25) is 0 Å². The second-order valence-electron chi connectivity index (χ2n) is 5.70. The van der Waals surface area contributed by atoms with Crippen LogP contribution in [-0.2, 0) is 10.8 Å². The molecule has 2 heterocycles. The fourth-order valence-corrected chi connectivity index (χ4v) is 5.48. The van der Waals surface area contributed by atoms with Crippen molar-refractivity contribution in [2.24, 2.45) is 5.92 Å². The molecule has 1 aromatic carbocycles. The number of ether oxygens (including phenoxy) is 1. The van der Waals surface area contributed by atoms with E-state index in [0.29, 0.717) is 12.8 Å². The Morgan fingerprint density at radius 3 is 2.45 bits per heavy atom. The number of hydrogen-bond donors (Lipinski definition) is 0. The van der Waals surface area contributed by atoms with E-state index in [1.807, 2.05) is 0 Å². The van der Waals surface area contributed by atoms with Crippen LogP contribution in [0, 0.1) is 11.7 Å². The van der Waals surface area contributed by atoms with Crippen molar-refractivity contribution in [2.75, 3.05) is 0 Å². The van der Waals surface area contributed by atoms with E-state index in [1.165, 1.54) is 6.07 Å². The summed E-state index contributed by atoms with van der Waals surface area (Å²) in [7, 11) is -0.894. The molecule has 2 saturated heterocycles. The minimum absolute atomic E-state index is 0.00705. The molecule has 3 nitrogen and oxygen atoms in total. The molecule has 1 aromatic rings. The van der Waals surface area contributed by atoms with Gasteiger partial charge in [-0.05, 0) is 37.8 Å². The van der Waals surface area contributed by atoms with Crippen LogP contribution in [0.3, 0.4) is 0 Å². The molecule has 3 rings (SSSR count). The van der Waals surface area contributed by atoms with Crippen molar-refractivity contribution in [1.29, 1.82) is 0 Å². The molecule has 0 radical (unpaired) electrons. The highest BCUT2D eigenvalue weighted by molar-refractivity contribution is 7.86. The topological polar surface area (TPSA) is 43.4 Å². The molecule has 0 aromatic heterocycles. The first kappa shape index (κ1) is 15.5. The van der Waals surface area contributed by atoms with Crippen molar-refractivity contribution >= 4 is 16.6 Å². The first-order chi connectivity index (χ1) is 10.5. The van der Waals surface area contributed by atoms with Gasteiger partial charge in [0.25, 0.3) is 0 Å². The Bertz CT molecular complexity index is 604. The highest BCUT2D eigenvalue weighted by Crippen LogP contribution is 2.40. The number of benzene rings is 1. The lowest BCUT2D eigenvalue weighted by atomic mass is 9.90. The number of carbonyl (C=O) groups excluding carboxylic acids is 1. The van der Waals surface area contributed by atoms with Gasteiger partial charge in [-0.1, -0.05) is 0 Å². The minimum atomic E-state index is -3.12. The van der Waals surface area contributed by atoms with Crippen LogP contribution in [0.25, 0.3) is 0 Å². The van der Waals surface area contributed by atoms with E-state index in [0.717, 1.165) is 25.0 Å². The summed E-state index contributed by atoms with van der Waals surface area (Å²) in [6, 6.07) is 3.04. The van der Waals surface area contributed by atoms with Gasteiger partial charge in [0.1, 0.15) is 11.6 Å². The molecule has 0 N–H and O–H groups in total. The third-order valence-electron chi connectivity index (χ3n) is 4.36. The van der Waals surface area contributed by atoms with Crippen molar-refractivity contribution in [2.45, 2.75) is 42.8 Å². The summed E-state index contributed by atoms with van der Waals surface area (Å²) in [6.45, 7) is -3.12. The quantitative estimate of drug-likeness (QED) is 0.795. The van der Waals surface area contributed by atoms with Gasteiger partial charge in [0.05, 0.1) is 5.56 Å².